The second-order valence-corrected chi connectivity index (χ2v) is 7.08. The molecule has 1 atom stereocenters. The van der Waals surface area contributed by atoms with Gasteiger partial charge >= 0.3 is 0 Å². The molecule has 1 aromatic rings. The Kier molecular flexibility index (Phi) is 15.8. The summed E-state index contributed by atoms with van der Waals surface area (Å²) >= 11 is 0. The van der Waals surface area contributed by atoms with E-state index in [9.17, 15) is 0 Å². The maximum atomic E-state index is 5.77. The molecule has 2 N–H and O–H groups in total. The first-order chi connectivity index (χ1) is 14.3. The fourth-order valence-corrected chi connectivity index (χ4v) is 2.95. The molecule has 1 heterocycles. The molecule has 1 unspecified atom stereocenters. The van der Waals surface area contributed by atoms with Crippen molar-refractivity contribution < 1.29 is 18.9 Å². The Bertz CT molecular complexity index is 566. The van der Waals surface area contributed by atoms with Gasteiger partial charge in [-0.05, 0) is 43.9 Å². The van der Waals surface area contributed by atoms with Crippen molar-refractivity contribution >= 4 is 29.9 Å². The van der Waals surface area contributed by atoms with Gasteiger partial charge in [0.05, 0.1) is 26.9 Å². The van der Waals surface area contributed by atoms with Crippen LogP contribution >= 0.6 is 24.0 Å². The highest BCUT2D eigenvalue weighted by atomic mass is 127. The third-order valence-corrected chi connectivity index (χ3v) is 4.68. The van der Waals surface area contributed by atoms with Crippen LogP contribution in [-0.4, -0.2) is 65.8 Å². The summed E-state index contributed by atoms with van der Waals surface area (Å²) < 4.78 is 21.7. The Hall–Kier alpha value is -1.10. The molecule has 1 aliphatic heterocycles. The number of nitrogens with zero attached hydrogens (tertiary/aromatic N) is 1. The van der Waals surface area contributed by atoms with E-state index in [0.717, 1.165) is 89.3 Å². The number of benzene rings is 1. The van der Waals surface area contributed by atoms with Gasteiger partial charge in [0, 0.05) is 45.4 Å². The number of hydrogen-bond donors (Lipinski definition) is 2. The van der Waals surface area contributed by atoms with Crippen LogP contribution in [0.3, 0.4) is 0 Å². The largest absolute Gasteiger partial charge is 0.497 e. The van der Waals surface area contributed by atoms with E-state index in [4.69, 9.17) is 23.9 Å². The predicted octanol–water partition coefficient (Wildman–Crippen LogP) is 3.22. The van der Waals surface area contributed by atoms with E-state index in [1.165, 1.54) is 0 Å². The molecule has 8 heteroatoms. The highest BCUT2D eigenvalue weighted by Crippen LogP contribution is 2.12. The number of rotatable bonds is 14. The Balaban J connectivity index is 0.00000450. The molecule has 1 fully saturated rings. The minimum atomic E-state index is 0. The average Bonchev–Trinajstić information content (AvgIpc) is 3.27. The fraction of sp³-hybridized carbons (Fsp3) is 0.682. The van der Waals surface area contributed by atoms with Gasteiger partial charge < -0.3 is 29.6 Å². The second kappa shape index (κ2) is 17.6. The van der Waals surface area contributed by atoms with Gasteiger partial charge in [0.25, 0.3) is 0 Å². The first kappa shape index (κ1) is 26.9. The summed E-state index contributed by atoms with van der Waals surface area (Å²) in [6.45, 7) is 9.05. The van der Waals surface area contributed by atoms with Crippen LogP contribution in [0.2, 0.25) is 0 Å². The molecule has 0 spiro atoms. The first-order valence-corrected chi connectivity index (χ1v) is 10.7. The lowest BCUT2D eigenvalue weighted by Crippen LogP contribution is -2.39. The highest BCUT2D eigenvalue weighted by Gasteiger charge is 2.15. The highest BCUT2D eigenvalue weighted by molar-refractivity contribution is 14.0. The first-order valence-electron chi connectivity index (χ1n) is 10.7. The molecule has 0 aromatic heterocycles. The van der Waals surface area contributed by atoms with Gasteiger partial charge in [0.15, 0.2) is 5.96 Å². The van der Waals surface area contributed by atoms with Crippen LogP contribution in [-0.2, 0) is 20.8 Å². The van der Waals surface area contributed by atoms with E-state index in [-0.39, 0.29) is 24.0 Å². The summed E-state index contributed by atoms with van der Waals surface area (Å²) in [5.41, 5.74) is 1.14. The minimum Gasteiger partial charge on any atom is -0.497 e. The number of nitrogens with one attached hydrogen (secondary N) is 2. The van der Waals surface area contributed by atoms with Gasteiger partial charge in [0.1, 0.15) is 5.75 Å². The van der Waals surface area contributed by atoms with Gasteiger partial charge in [0.2, 0.25) is 0 Å². The molecule has 172 valence electrons. The lowest BCUT2D eigenvalue weighted by molar-refractivity contribution is 0.0888. The van der Waals surface area contributed by atoms with E-state index in [1.807, 2.05) is 31.2 Å². The molecule has 0 radical (unpaired) electrons. The van der Waals surface area contributed by atoms with Crippen molar-refractivity contribution in [1.82, 2.24) is 10.6 Å². The maximum Gasteiger partial charge on any atom is 0.191 e. The summed E-state index contributed by atoms with van der Waals surface area (Å²) in [6.07, 6.45) is 3.01. The Labute approximate surface area is 198 Å². The van der Waals surface area contributed by atoms with Gasteiger partial charge in [-0.3, -0.25) is 0 Å². The molecule has 0 aliphatic carbocycles. The predicted molar refractivity (Wildman–Crippen MR) is 131 cm³/mol. The van der Waals surface area contributed by atoms with Crippen LogP contribution in [0, 0.1) is 5.92 Å². The molecule has 1 aliphatic rings. The van der Waals surface area contributed by atoms with Crippen LogP contribution in [0.25, 0.3) is 0 Å². The van der Waals surface area contributed by atoms with Crippen LogP contribution < -0.4 is 15.4 Å². The normalized spacial score (nSPS) is 16.2. The van der Waals surface area contributed by atoms with E-state index in [1.54, 1.807) is 7.11 Å². The number of hydrogen-bond acceptors (Lipinski definition) is 5. The van der Waals surface area contributed by atoms with E-state index in [0.29, 0.717) is 12.5 Å². The molecular formula is C22H38IN3O4. The van der Waals surface area contributed by atoms with Gasteiger partial charge in [-0.15, -0.1) is 24.0 Å². The third-order valence-electron chi connectivity index (χ3n) is 4.68. The third kappa shape index (κ3) is 11.9. The van der Waals surface area contributed by atoms with Gasteiger partial charge in [-0.25, -0.2) is 4.99 Å². The van der Waals surface area contributed by atoms with Crippen LogP contribution in [0.4, 0.5) is 0 Å². The minimum absolute atomic E-state index is 0. The van der Waals surface area contributed by atoms with Crippen molar-refractivity contribution in [3.63, 3.8) is 0 Å². The number of guanidine groups is 1. The molecule has 7 nitrogen and oxygen atoms in total. The monoisotopic (exact) mass is 535 g/mol. The quantitative estimate of drug-likeness (QED) is 0.165. The van der Waals surface area contributed by atoms with E-state index in [2.05, 4.69) is 10.6 Å². The Morgan fingerprint density at radius 1 is 1.10 bits per heavy atom. The SMILES string of the molecule is CCOCCCNC(=NCc1ccc(OC)cc1)NCCCOCC1CCOC1.I. The molecule has 0 saturated carbocycles. The molecule has 0 bridgehead atoms. The number of aliphatic imine (C=N–C) groups is 1. The fourth-order valence-electron chi connectivity index (χ4n) is 2.95. The van der Waals surface area contributed by atoms with Crippen molar-refractivity contribution in [1.29, 1.82) is 0 Å². The van der Waals surface area contributed by atoms with Gasteiger partial charge in [-0.1, -0.05) is 12.1 Å². The number of ether oxygens (including phenoxy) is 4. The second-order valence-electron chi connectivity index (χ2n) is 7.08. The maximum absolute atomic E-state index is 5.77. The molecular weight excluding hydrogens is 497 g/mol. The van der Waals surface area contributed by atoms with Crippen molar-refractivity contribution in [3.8, 4) is 5.75 Å². The Morgan fingerprint density at radius 2 is 1.80 bits per heavy atom. The molecule has 30 heavy (non-hydrogen) atoms. The molecule has 1 aromatic carbocycles. The zero-order chi connectivity index (χ0) is 20.6. The molecule has 0 amide bonds. The summed E-state index contributed by atoms with van der Waals surface area (Å²) in [5, 5.41) is 6.78. The van der Waals surface area contributed by atoms with Crippen molar-refractivity contribution in [2.24, 2.45) is 10.9 Å². The Morgan fingerprint density at radius 3 is 2.40 bits per heavy atom. The van der Waals surface area contributed by atoms with Crippen molar-refractivity contribution in [2.75, 3.05) is 59.8 Å². The average molecular weight is 535 g/mol. The summed E-state index contributed by atoms with van der Waals surface area (Å²) in [4.78, 5) is 4.70. The van der Waals surface area contributed by atoms with E-state index >= 15 is 0 Å². The van der Waals surface area contributed by atoms with Gasteiger partial charge in [-0.2, -0.15) is 0 Å². The topological polar surface area (TPSA) is 73.3 Å². The van der Waals surface area contributed by atoms with Crippen molar-refractivity contribution in [3.05, 3.63) is 29.8 Å². The van der Waals surface area contributed by atoms with Crippen LogP contribution in [0.15, 0.2) is 29.3 Å². The molecule has 1 saturated heterocycles. The summed E-state index contributed by atoms with van der Waals surface area (Å²) in [7, 11) is 1.67. The summed E-state index contributed by atoms with van der Waals surface area (Å²) in [6, 6.07) is 7.99. The number of methoxy groups -OCH3 is 1. The smallest absolute Gasteiger partial charge is 0.191 e. The number of halogens is 1. The van der Waals surface area contributed by atoms with Crippen molar-refractivity contribution in [2.45, 2.75) is 32.7 Å². The lowest BCUT2D eigenvalue weighted by atomic mass is 10.1. The zero-order valence-electron chi connectivity index (χ0n) is 18.4. The standard InChI is InChI=1S/C22H37N3O4.HI/c1-3-27-13-4-11-23-22(25-16-19-6-8-21(26-2)9-7-19)24-12-5-14-28-17-20-10-15-29-18-20;/h6-9,20H,3-5,10-18H2,1-2H3,(H2,23,24,25);1H. The lowest BCUT2D eigenvalue weighted by Gasteiger charge is -2.13. The molecule has 2 rings (SSSR count). The zero-order valence-corrected chi connectivity index (χ0v) is 20.7. The van der Waals surface area contributed by atoms with Crippen LogP contribution in [0.1, 0.15) is 31.7 Å². The van der Waals surface area contributed by atoms with E-state index < -0.39 is 0 Å². The summed E-state index contributed by atoms with van der Waals surface area (Å²) in [5.74, 6) is 2.24. The van der Waals surface area contributed by atoms with Crippen LogP contribution in [0.5, 0.6) is 5.75 Å².